The number of rotatable bonds is 4. The molecule has 0 radical (unpaired) electrons. The maximum atomic E-state index is 8.99. The molecule has 1 fully saturated rings. The average molecular weight is 358 g/mol. The van der Waals surface area contributed by atoms with Crippen molar-refractivity contribution in [2.75, 3.05) is 24.6 Å². The zero-order chi connectivity index (χ0) is 17.2. The average Bonchev–Trinajstić information content (AvgIpc) is 3.10. The number of nitrogens with zero attached hydrogens (tertiary/aromatic N) is 5. The van der Waals surface area contributed by atoms with Crippen LogP contribution in [0.2, 0.25) is 5.02 Å². The molecule has 0 unspecified atom stereocenters. The number of aromatic nitrogens is 4. The number of halogens is 1. The molecule has 7 heteroatoms. The minimum Gasteiger partial charge on any atom is -0.396 e. The van der Waals surface area contributed by atoms with Gasteiger partial charge in [0.25, 0.3) is 0 Å². The Balaban J connectivity index is 1.45. The summed E-state index contributed by atoms with van der Waals surface area (Å²) >= 11 is 6.04. The van der Waals surface area contributed by atoms with E-state index < -0.39 is 0 Å². The van der Waals surface area contributed by atoms with Crippen LogP contribution in [-0.2, 0) is 6.42 Å². The highest BCUT2D eigenvalue weighted by Gasteiger charge is 2.22. The van der Waals surface area contributed by atoms with Gasteiger partial charge in [0, 0.05) is 42.7 Å². The predicted octanol–water partition coefficient (Wildman–Crippen LogP) is 2.86. The Morgan fingerprint density at radius 2 is 2.00 bits per heavy atom. The summed E-state index contributed by atoms with van der Waals surface area (Å²) in [5.74, 6) is 1.01. The topological polar surface area (TPSA) is 67.1 Å². The number of piperidine rings is 1. The predicted molar refractivity (Wildman–Crippen MR) is 98.0 cm³/mol. The molecular weight excluding hydrogens is 338 g/mol. The first kappa shape index (κ1) is 16.3. The van der Waals surface area contributed by atoms with Gasteiger partial charge in [-0.25, -0.2) is 9.67 Å². The van der Waals surface area contributed by atoms with Crippen LogP contribution >= 0.6 is 11.6 Å². The van der Waals surface area contributed by atoms with E-state index in [9.17, 15) is 0 Å². The summed E-state index contributed by atoms with van der Waals surface area (Å²) in [6.45, 7) is 1.98. The first-order chi connectivity index (χ1) is 12.2. The lowest BCUT2D eigenvalue weighted by molar-refractivity contribution is 0.298. The van der Waals surface area contributed by atoms with Gasteiger partial charge in [-0.05, 0) is 43.2 Å². The van der Waals surface area contributed by atoms with Crippen molar-refractivity contribution in [3.8, 4) is 0 Å². The molecular formula is C18H20ClN5O. The number of pyridine rings is 1. The third-order valence-electron chi connectivity index (χ3n) is 4.72. The molecule has 0 saturated carbocycles. The Bertz CT molecular complexity index is 873. The van der Waals surface area contributed by atoms with Crippen LogP contribution in [0.25, 0.3) is 10.9 Å². The Hall–Kier alpha value is -2.18. The lowest BCUT2D eigenvalue weighted by Crippen LogP contribution is -2.35. The monoisotopic (exact) mass is 357 g/mol. The molecule has 1 aromatic carbocycles. The number of anilines is 1. The Morgan fingerprint density at radius 3 is 2.80 bits per heavy atom. The van der Waals surface area contributed by atoms with E-state index in [4.69, 9.17) is 21.7 Å². The minimum absolute atomic E-state index is 0.107. The third-order valence-corrected chi connectivity index (χ3v) is 4.96. The van der Waals surface area contributed by atoms with Crippen molar-refractivity contribution < 1.29 is 5.11 Å². The molecule has 4 rings (SSSR count). The van der Waals surface area contributed by atoms with Gasteiger partial charge in [-0.1, -0.05) is 16.8 Å². The summed E-state index contributed by atoms with van der Waals surface area (Å²) in [6, 6.07) is 10.3. The van der Waals surface area contributed by atoms with Gasteiger partial charge in [-0.2, -0.15) is 0 Å². The normalized spacial score (nSPS) is 15.8. The van der Waals surface area contributed by atoms with Gasteiger partial charge in [-0.3, -0.25) is 0 Å². The molecule has 1 aliphatic rings. The van der Waals surface area contributed by atoms with Crippen molar-refractivity contribution in [2.24, 2.45) is 0 Å². The van der Waals surface area contributed by atoms with Crippen LogP contribution in [0, 0.1) is 0 Å². The Labute approximate surface area is 151 Å². The van der Waals surface area contributed by atoms with Crippen molar-refractivity contribution in [3.05, 3.63) is 47.2 Å². The molecule has 130 valence electrons. The summed E-state index contributed by atoms with van der Waals surface area (Å²) in [7, 11) is 0. The van der Waals surface area contributed by atoms with Crippen LogP contribution in [-0.4, -0.2) is 44.8 Å². The van der Waals surface area contributed by atoms with Crippen molar-refractivity contribution >= 4 is 28.3 Å². The Morgan fingerprint density at radius 1 is 1.16 bits per heavy atom. The number of hydrogen-bond donors (Lipinski definition) is 1. The van der Waals surface area contributed by atoms with Crippen LogP contribution in [0.5, 0.6) is 0 Å². The highest BCUT2D eigenvalue weighted by molar-refractivity contribution is 6.31. The van der Waals surface area contributed by atoms with Gasteiger partial charge in [0.1, 0.15) is 5.82 Å². The SMILES string of the molecule is OCCc1cn(C2CCN(c3ccc4cc(Cl)ccc4n3)CC2)nn1. The highest BCUT2D eigenvalue weighted by atomic mass is 35.5. The number of benzene rings is 1. The maximum Gasteiger partial charge on any atom is 0.129 e. The number of aliphatic hydroxyl groups excluding tert-OH is 1. The number of fused-ring (bicyclic) bond motifs is 1. The van der Waals surface area contributed by atoms with Crippen LogP contribution in [0.4, 0.5) is 5.82 Å². The fraction of sp³-hybridized carbons (Fsp3) is 0.389. The first-order valence-electron chi connectivity index (χ1n) is 8.56. The second-order valence-electron chi connectivity index (χ2n) is 6.39. The van der Waals surface area contributed by atoms with E-state index in [1.54, 1.807) is 0 Å². The molecule has 1 N–H and O–H groups in total. The minimum atomic E-state index is 0.107. The van der Waals surface area contributed by atoms with Crippen LogP contribution in [0.3, 0.4) is 0 Å². The molecule has 0 amide bonds. The molecule has 1 saturated heterocycles. The van der Waals surface area contributed by atoms with E-state index in [1.807, 2.05) is 29.1 Å². The van der Waals surface area contributed by atoms with E-state index in [0.717, 1.165) is 53.4 Å². The molecule has 25 heavy (non-hydrogen) atoms. The summed E-state index contributed by atoms with van der Waals surface area (Å²) < 4.78 is 1.94. The number of aliphatic hydroxyl groups is 1. The van der Waals surface area contributed by atoms with Gasteiger partial charge < -0.3 is 10.0 Å². The van der Waals surface area contributed by atoms with Crippen molar-refractivity contribution in [1.82, 2.24) is 20.0 Å². The van der Waals surface area contributed by atoms with Crippen LogP contribution < -0.4 is 4.90 Å². The summed E-state index contributed by atoms with van der Waals surface area (Å²) in [4.78, 5) is 7.09. The molecule has 1 aliphatic heterocycles. The molecule has 0 bridgehead atoms. The van der Waals surface area contributed by atoms with Crippen molar-refractivity contribution in [2.45, 2.75) is 25.3 Å². The van der Waals surface area contributed by atoms with Gasteiger partial charge >= 0.3 is 0 Å². The second-order valence-corrected chi connectivity index (χ2v) is 6.82. The lowest BCUT2D eigenvalue weighted by Gasteiger charge is -2.32. The zero-order valence-electron chi connectivity index (χ0n) is 13.8. The standard InChI is InChI=1S/C18H20ClN5O/c19-14-2-3-17-13(11-14)1-4-18(20-17)23-8-5-16(6-9-23)24-12-15(7-10-25)21-22-24/h1-4,11-12,16,25H,5-10H2. The van der Waals surface area contributed by atoms with Gasteiger partial charge in [0.2, 0.25) is 0 Å². The quantitative estimate of drug-likeness (QED) is 0.777. The van der Waals surface area contributed by atoms with E-state index in [-0.39, 0.29) is 6.61 Å². The lowest BCUT2D eigenvalue weighted by atomic mass is 10.1. The van der Waals surface area contributed by atoms with E-state index in [2.05, 4.69) is 27.3 Å². The van der Waals surface area contributed by atoms with Gasteiger partial charge in [0.15, 0.2) is 0 Å². The number of hydrogen-bond acceptors (Lipinski definition) is 5. The van der Waals surface area contributed by atoms with Crippen molar-refractivity contribution in [1.29, 1.82) is 0 Å². The third kappa shape index (κ3) is 3.45. The smallest absolute Gasteiger partial charge is 0.129 e. The van der Waals surface area contributed by atoms with Crippen molar-refractivity contribution in [3.63, 3.8) is 0 Å². The molecule has 0 aliphatic carbocycles. The fourth-order valence-corrected chi connectivity index (χ4v) is 3.52. The molecule has 6 nitrogen and oxygen atoms in total. The van der Waals surface area contributed by atoms with E-state index >= 15 is 0 Å². The molecule has 0 spiro atoms. The second kappa shape index (κ2) is 6.98. The summed E-state index contributed by atoms with van der Waals surface area (Å²) in [6.07, 6.45) is 4.52. The van der Waals surface area contributed by atoms with Gasteiger partial charge in [0.05, 0.1) is 17.3 Å². The molecule has 2 aromatic heterocycles. The van der Waals surface area contributed by atoms with E-state index in [1.165, 1.54) is 0 Å². The largest absolute Gasteiger partial charge is 0.396 e. The summed E-state index contributed by atoms with van der Waals surface area (Å²) in [5, 5.41) is 19.1. The summed E-state index contributed by atoms with van der Waals surface area (Å²) in [5.41, 5.74) is 1.81. The zero-order valence-corrected chi connectivity index (χ0v) is 14.6. The van der Waals surface area contributed by atoms with E-state index in [0.29, 0.717) is 12.5 Å². The molecule has 0 atom stereocenters. The van der Waals surface area contributed by atoms with Crippen LogP contribution in [0.1, 0.15) is 24.6 Å². The molecule has 3 heterocycles. The fourth-order valence-electron chi connectivity index (χ4n) is 3.34. The van der Waals surface area contributed by atoms with Gasteiger partial charge in [-0.15, -0.1) is 5.10 Å². The maximum absolute atomic E-state index is 8.99. The van der Waals surface area contributed by atoms with Crippen LogP contribution in [0.15, 0.2) is 36.5 Å². The first-order valence-corrected chi connectivity index (χ1v) is 8.93. The molecule has 3 aromatic rings. The highest BCUT2D eigenvalue weighted by Crippen LogP contribution is 2.27. The Kier molecular flexibility index (Phi) is 4.55.